The van der Waals surface area contributed by atoms with Crippen molar-refractivity contribution in [2.75, 3.05) is 31.6 Å². The second kappa shape index (κ2) is 8.55. The van der Waals surface area contributed by atoms with Gasteiger partial charge in [-0.2, -0.15) is 0 Å². The van der Waals surface area contributed by atoms with Crippen LogP contribution in [0.5, 0.6) is 5.75 Å². The molecule has 3 rings (SSSR count). The topological polar surface area (TPSA) is 94.2 Å². The molecule has 8 heteroatoms. The van der Waals surface area contributed by atoms with Gasteiger partial charge in [-0.1, -0.05) is 0 Å². The lowest BCUT2D eigenvalue weighted by Gasteiger charge is -2.38. The average Bonchev–Trinajstić information content (AvgIpc) is 2.94. The predicted octanol–water partition coefficient (Wildman–Crippen LogP) is 2.89. The van der Waals surface area contributed by atoms with Crippen LogP contribution in [0.25, 0.3) is 0 Å². The van der Waals surface area contributed by atoms with Crippen LogP contribution in [0.2, 0.25) is 0 Å². The monoisotopic (exact) mass is 402 g/mol. The summed E-state index contributed by atoms with van der Waals surface area (Å²) in [4.78, 5) is 38.8. The van der Waals surface area contributed by atoms with Crippen molar-refractivity contribution in [2.45, 2.75) is 39.2 Å². The molecule has 0 aliphatic carbocycles. The number of amides is 2. The number of esters is 1. The summed E-state index contributed by atoms with van der Waals surface area (Å²) in [6, 6.07) is 7.02. The number of likely N-dealkylation sites (tertiary alicyclic amines) is 1. The van der Waals surface area contributed by atoms with Gasteiger partial charge in [-0.05, 0) is 45.0 Å². The molecule has 0 bridgehead atoms. The summed E-state index contributed by atoms with van der Waals surface area (Å²) in [5.74, 6) is -0.156. The highest BCUT2D eigenvalue weighted by atomic mass is 16.6. The smallest absolute Gasteiger partial charge is 0.409 e. The lowest BCUT2D eigenvalue weighted by molar-refractivity contribution is -0.150. The fourth-order valence-electron chi connectivity index (χ4n) is 3.74. The Balaban J connectivity index is 1.74. The van der Waals surface area contributed by atoms with Crippen LogP contribution >= 0.6 is 0 Å². The van der Waals surface area contributed by atoms with Crippen LogP contribution in [0.3, 0.4) is 0 Å². The molecule has 156 valence electrons. The van der Waals surface area contributed by atoms with Gasteiger partial charge in [0.1, 0.15) is 11.4 Å². The first-order chi connectivity index (χ1) is 13.9. The maximum Gasteiger partial charge on any atom is 0.409 e. The summed E-state index contributed by atoms with van der Waals surface area (Å²) in [6.07, 6.45) is 0.301. The van der Waals surface area contributed by atoms with Crippen LogP contribution in [-0.4, -0.2) is 54.8 Å². The molecule has 2 aliphatic rings. The molecular formula is C21H26N2O6. The molecule has 0 aromatic heterocycles. The molecule has 1 aromatic carbocycles. The van der Waals surface area contributed by atoms with E-state index >= 15 is 0 Å². The van der Waals surface area contributed by atoms with Crippen LogP contribution in [0, 0.1) is 0 Å². The normalized spacial score (nSPS) is 17.9. The van der Waals surface area contributed by atoms with E-state index in [0.29, 0.717) is 61.7 Å². The number of benzene rings is 1. The number of carbonyl (C=O) groups excluding carboxylic acids is 3. The highest BCUT2D eigenvalue weighted by Gasteiger charge is 2.51. The molecule has 29 heavy (non-hydrogen) atoms. The van der Waals surface area contributed by atoms with Crippen molar-refractivity contribution in [1.29, 1.82) is 0 Å². The molecule has 0 saturated carbocycles. The third-order valence-corrected chi connectivity index (χ3v) is 5.17. The first-order valence-corrected chi connectivity index (χ1v) is 9.80. The fourth-order valence-corrected chi connectivity index (χ4v) is 3.74. The number of ether oxygens (including phenoxy) is 3. The molecule has 1 N–H and O–H groups in total. The van der Waals surface area contributed by atoms with Gasteiger partial charge in [0.05, 0.1) is 18.8 Å². The van der Waals surface area contributed by atoms with Gasteiger partial charge < -0.3 is 24.4 Å². The van der Waals surface area contributed by atoms with E-state index in [0.717, 1.165) is 0 Å². The fraction of sp³-hybridized carbons (Fsp3) is 0.476. The highest BCUT2D eigenvalue weighted by Crippen LogP contribution is 2.41. The van der Waals surface area contributed by atoms with Gasteiger partial charge in [0.2, 0.25) is 0 Å². The number of anilines is 1. The Morgan fingerprint density at radius 3 is 2.38 bits per heavy atom. The van der Waals surface area contributed by atoms with Gasteiger partial charge >= 0.3 is 12.1 Å². The summed E-state index contributed by atoms with van der Waals surface area (Å²) in [7, 11) is 0. The maximum absolute atomic E-state index is 13.0. The van der Waals surface area contributed by atoms with Gasteiger partial charge in [-0.3, -0.25) is 4.79 Å². The minimum atomic E-state index is -1.01. The Hall–Kier alpha value is -3.03. The molecule has 8 nitrogen and oxygen atoms in total. The van der Waals surface area contributed by atoms with Crippen molar-refractivity contribution in [3.05, 3.63) is 35.4 Å². The van der Waals surface area contributed by atoms with Gasteiger partial charge in [-0.25, -0.2) is 9.59 Å². The summed E-state index contributed by atoms with van der Waals surface area (Å²) < 4.78 is 16.1. The van der Waals surface area contributed by atoms with Gasteiger partial charge in [0, 0.05) is 37.2 Å². The molecule has 1 spiro atoms. The third kappa shape index (κ3) is 4.21. The van der Waals surface area contributed by atoms with Crippen LogP contribution in [0.1, 0.15) is 33.6 Å². The molecule has 0 radical (unpaired) electrons. The summed E-state index contributed by atoms with van der Waals surface area (Å²) in [6.45, 7) is 6.79. The van der Waals surface area contributed by atoms with E-state index in [9.17, 15) is 14.4 Å². The zero-order valence-corrected chi connectivity index (χ0v) is 16.9. The molecule has 2 amide bonds. The number of piperidine rings is 1. The van der Waals surface area contributed by atoms with Crippen molar-refractivity contribution in [3.63, 3.8) is 0 Å². The molecule has 1 aromatic rings. The Labute approximate surface area is 169 Å². The van der Waals surface area contributed by atoms with E-state index in [4.69, 9.17) is 14.2 Å². The number of nitrogens with zero attached hydrogens (tertiary/aromatic N) is 1. The number of carbonyl (C=O) groups is 3. The van der Waals surface area contributed by atoms with Crippen LogP contribution < -0.4 is 10.1 Å². The average molecular weight is 402 g/mol. The highest BCUT2D eigenvalue weighted by molar-refractivity contribution is 6.12. The van der Waals surface area contributed by atoms with E-state index < -0.39 is 17.7 Å². The first kappa shape index (κ1) is 20.7. The molecule has 0 atom stereocenters. The Morgan fingerprint density at radius 2 is 1.79 bits per heavy atom. The molecule has 1 saturated heterocycles. The molecule has 1 fully saturated rings. The Bertz CT molecular complexity index is 822. The van der Waals surface area contributed by atoms with E-state index in [1.54, 1.807) is 43.0 Å². The Morgan fingerprint density at radius 1 is 1.14 bits per heavy atom. The van der Waals surface area contributed by atoms with E-state index in [1.807, 2.05) is 6.92 Å². The standard InChI is InChI=1S/C21H26N2O6/c1-4-27-16-8-6-15(7-9-16)22-18(24)17-14(3)19(25)29-21(17)10-12-23(13-11-21)20(26)28-5-2/h6-9H,4-5,10-13H2,1-3H3,(H,22,24). The van der Waals surface area contributed by atoms with Gasteiger partial charge in [0.15, 0.2) is 0 Å². The van der Waals surface area contributed by atoms with Crippen molar-refractivity contribution >= 4 is 23.7 Å². The van der Waals surface area contributed by atoms with Crippen molar-refractivity contribution in [3.8, 4) is 5.75 Å². The van der Waals surface area contributed by atoms with E-state index in [1.165, 1.54) is 0 Å². The number of rotatable bonds is 5. The first-order valence-electron chi connectivity index (χ1n) is 9.80. The Kier molecular flexibility index (Phi) is 6.10. The van der Waals surface area contributed by atoms with Crippen molar-refractivity contribution in [1.82, 2.24) is 4.90 Å². The van der Waals surface area contributed by atoms with Crippen LogP contribution in [0.4, 0.5) is 10.5 Å². The van der Waals surface area contributed by atoms with Crippen molar-refractivity contribution < 1.29 is 28.6 Å². The SMILES string of the molecule is CCOC(=O)N1CCC2(CC1)OC(=O)C(C)=C2C(=O)Nc1ccc(OCC)cc1. The number of hydrogen-bond acceptors (Lipinski definition) is 6. The van der Waals surface area contributed by atoms with E-state index in [-0.39, 0.29) is 5.91 Å². The predicted molar refractivity (Wildman–Crippen MR) is 106 cm³/mol. The lowest BCUT2D eigenvalue weighted by atomic mass is 9.83. The lowest BCUT2D eigenvalue weighted by Crippen LogP contribution is -2.49. The summed E-state index contributed by atoms with van der Waals surface area (Å²) >= 11 is 0. The zero-order valence-electron chi connectivity index (χ0n) is 16.9. The number of nitrogens with one attached hydrogen (secondary N) is 1. The number of hydrogen-bond donors (Lipinski definition) is 1. The zero-order chi connectivity index (χ0) is 21.0. The maximum atomic E-state index is 13.0. The summed E-state index contributed by atoms with van der Waals surface area (Å²) in [5, 5.41) is 2.84. The van der Waals surface area contributed by atoms with Gasteiger partial charge in [-0.15, -0.1) is 0 Å². The van der Waals surface area contributed by atoms with Crippen LogP contribution in [0.15, 0.2) is 35.4 Å². The minimum Gasteiger partial charge on any atom is -0.494 e. The quantitative estimate of drug-likeness (QED) is 0.761. The third-order valence-electron chi connectivity index (χ3n) is 5.17. The second-order valence-corrected chi connectivity index (χ2v) is 6.98. The molecule has 2 aliphatic heterocycles. The van der Waals surface area contributed by atoms with Crippen molar-refractivity contribution in [2.24, 2.45) is 0 Å². The molecule has 2 heterocycles. The molecule has 0 unspecified atom stereocenters. The van der Waals surface area contributed by atoms with Gasteiger partial charge in [0.25, 0.3) is 5.91 Å². The summed E-state index contributed by atoms with van der Waals surface area (Å²) in [5.41, 5.74) is 0.217. The minimum absolute atomic E-state index is 0.296. The van der Waals surface area contributed by atoms with Crippen LogP contribution in [-0.2, 0) is 19.1 Å². The largest absolute Gasteiger partial charge is 0.494 e. The second-order valence-electron chi connectivity index (χ2n) is 6.98. The van der Waals surface area contributed by atoms with E-state index in [2.05, 4.69) is 5.32 Å². The molecular weight excluding hydrogens is 376 g/mol.